The van der Waals surface area contributed by atoms with Crippen molar-refractivity contribution in [1.29, 1.82) is 0 Å². The lowest BCUT2D eigenvalue weighted by Crippen LogP contribution is -2.40. The highest BCUT2D eigenvalue weighted by atomic mass is 16.7. The summed E-state index contributed by atoms with van der Waals surface area (Å²) >= 11 is 0. The molecule has 0 spiro atoms. The fourth-order valence-electron chi connectivity index (χ4n) is 11.0. The van der Waals surface area contributed by atoms with Crippen molar-refractivity contribution in [3.05, 3.63) is 29.8 Å². The van der Waals surface area contributed by atoms with Crippen molar-refractivity contribution < 1.29 is 9.47 Å². The zero-order valence-electron chi connectivity index (χ0n) is 25.3. The molecule has 2 heteroatoms. The predicted molar refractivity (Wildman–Crippen MR) is 157 cm³/mol. The van der Waals surface area contributed by atoms with E-state index in [1.54, 1.807) is 6.42 Å². The maximum Gasteiger partial charge on any atom is 0.200 e. The number of benzene rings is 1. The smallest absolute Gasteiger partial charge is 0.200 e. The Bertz CT molecular complexity index is 930. The lowest BCUT2D eigenvalue weighted by molar-refractivity contribution is -0.157. The van der Waals surface area contributed by atoms with E-state index in [1.165, 1.54) is 63.4 Å². The number of rotatable bonds is 8. The Labute approximate surface area is 234 Å². The highest BCUT2D eigenvalue weighted by Crippen LogP contribution is 2.68. The van der Waals surface area contributed by atoms with Gasteiger partial charge in [-0.1, -0.05) is 60.1 Å². The fraction of sp³-hybridized carbons (Fsp3) is 0.833. The molecular formula is C36H56O2. The van der Waals surface area contributed by atoms with Crippen LogP contribution in [0.2, 0.25) is 0 Å². The van der Waals surface area contributed by atoms with Gasteiger partial charge in [-0.15, -0.1) is 0 Å². The molecule has 7 rings (SSSR count). The summed E-state index contributed by atoms with van der Waals surface area (Å²) in [6, 6.07) is 9.05. The largest absolute Gasteiger partial charge is 0.465 e. The van der Waals surface area contributed by atoms with Crippen molar-refractivity contribution >= 4 is 0 Å². The second-order valence-corrected chi connectivity index (χ2v) is 15.5. The lowest BCUT2D eigenvalue weighted by Gasteiger charge is -2.40. The first-order valence-corrected chi connectivity index (χ1v) is 16.7. The Balaban J connectivity index is 0.00000129. The standard InChI is InChI=1S/C34H50O2.C2H6/c1-20(19-34(2,3)4)22-9-11-28(12-10-22)35-31(18-26-14-21-5-6-23(26)13-21)36-30-17-27-16-29(30)33-25-8-7-24(15-25)32(27)33;1-2/h9-12,20-21,23-27,29-33H,5-8,13-19H2,1-4H3;1-2H3. The van der Waals surface area contributed by atoms with Gasteiger partial charge >= 0.3 is 0 Å². The molecule has 6 fully saturated rings. The Kier molecular flexibility index (Phi) is 7.69. The Morgan fingerprint density at radius 1 is 0.789 bits per heavy atom. The van der Waals surface area contributed by atoms with Crippen LogP contribution in [0, 0.1) is 58.7 Å². The molecule has 1 aromatic carbocycles. The quantitative estimate of drug-likeness (QED) is 0.251. The van der Waals surface area contributed by atoms with Gasteiger partial charge in [-0.2, -0.15) is 0 Å². The summed E-state index contributed by atoms with van der Waals surface area (Å²) in [6.07, 6.45) is 15.9. The van der Waals surface area contributed by atoms with E-state index in [2.05, 4.69) is 52.0 Å². The van der Waals surface area contributed by atoms with E-state index in [1.807, 2.05) is 13.8 Å². The van der Waals surface area contributed by atoms with Gasteiger partial charge in [0.25, 0.3) is 0 Å². The molecule has 12 atom stereocenters. The summed E-state index contributed by atoms with van der Waals surface area (Å²) in [5.74, 6) is 10.2. The van der Waals surface area contributed by atoms with Gasteiger partial charge in [0.2, 0.25) is 0 Å². The van der Waals surface area contributed by atoms with E-state index in [-0.39, 0.29) is 6.29 Å². The maximum absolute atomic E-state index is 7.06. The number of hydrogen-bond acceptors (Lipinski definition) is 2. The minimum absolute atomic E-state index is 0.0615. The molecule has 0 N–H and O–H groups in total. The van der Waals surface area contributed by atoms with Crippen LogP contribution in [0.15, 0.2) is 24.3 Å². The SMILES string of the molecule is CC.CC(CC(C)(C)C)c1ccc(OC(CC2CC3CCC2C3)OC2CC3CC2C2C4CCC(C4)C32)cc1. The van der Waals surface area contributed by atoms with Gasteiger partial charge < -0.3 is 9.47 Å². The van der Waals surface area contributed by atoms with Gasteiger partial charge in [0.05, 0.1) is 6.10 Å². The zero-order chi connectivity index (χ0) is 26.6. The molecule has 0 heterocycles. The first-order chi connectivity index (χ1) is 18.3. The molecule has 0 radical (unpaired) electrons. The minimum atomic E-state index is -0.0615. The second kappa shape index (κ2) is 10.8. The average Bonchev–Trinajstić information content (AvgIpc) is 3.72. The van der Waals surface area contributed by atoms with E-state index >= 15 is 0 Å². The maximum atomic E-state index is 7.06. The van der Waals surface area contributed by atoms with Crippen molar-refractivity contribution in [2.24, 2.45) is 58.7 Å². The Morgan fingerprint density at radius 2 is 1.50 bits per heavy atom. The molecule has 6 aliphatic carbocycles. The van der Waals surface area contributed by atoms with Crippen molar-refractivity contribution in [1.82, 2.24) is 0 Å². The third kappa shape index (κ3) is 5.22. The van der Waals surface area contributed by atoms with Gasteiger partial charge in [-0.05, 0) is 140 Å². The summed E-state index contributed by atoms with van der Waals surface area (Å²) in [5.41, 5.74) is 1.78. The van der Waals surface area contributed by atoms with E-state index in [9.17, 15) is 0 Å². The van der Waals surface area contributed by atoms with Crippen molar-refractivity contribution in [2.45, 2.75) is 130 Å². The van der Waals surface area contributed by atoms with Crippen molar-refractivity contribution in [3.63, 3.8) is 0 Å². The van der Waals surface area contributed by atoms with Gasteiger partial charge in [0.15, 0.2) is 6.29 Å². The molecule has 12 unspecified atom stereocenters. The summed E-state index contributed by atoms with van der Waals surface area (Å²) in [6.45, 7) is 13.4. The molecular weight excluding hydrogens is 464 g/mol. The summed E-state index contributed by atoms with van der Waals surface area (Å²) in [4.78, 5) is 0. The summed E-state index contributed by atoms with van der Waals surface area (Å²) in [7, 11) is 0. The van der Waals surface area contributed by atoms with Crippen molar-refractivity contribution in [3.8, 4) is 5.75 Å². The third-order valence-electron chi connectivity index (χ3n) is 12.0. The van der Waals surface area contributed by atoms with E-state index in [0.717, 1.165) is 65.4 Å². The molecule has 2 nitrogen and oxygen atoms in total. The molecule has 38 heavy (non-hydrogen) atoms. The van der Waals surface area contributed by atoms with Crippen molar-refractivity contribution in [2.75, 3.05) is 0 Å². The molecule has 0 saturated heterocycles. The topological polar surface area (TPSA) is 18.5 Å². The van der Waals surface area contributed by atoms with Crippen LogP contribution in [-0.4, -0.2) is 12.4 Å². The molecule has 1 aromatic rings. The number of hydrogen-bond donors (Lipinski definition) is 0. The predicted octanol–water partition coefficient (Wildman–Crippen LogP) is 9.87. The second-order valence-electron chi connectivity index (χ2n) is 15.5. The van der Waals surface area contributed by atoms with E-state index in [0.29, 0.717) is 17.4 Å². The summed E-state index contributed by atoms with van der Waals surface area (Å²) < 4.78 is 13.8. The third-order valence-corrected chi connectivity index (χ3v) is 12.0. The van der Waals surface area contributed by atoms with E-state index < -0.39 is 0 Å². The molecule has 212 valence electrons. The van der Waals surface area contributed by atoms with Gasteiger partial charge in [-0.25, -0.2) is 0 Å². The van der Waals surface area contributed by atoms with Gasteiger partial charge in [0, 0.05) is 6.42 Å². The van der Waals surface area contributed by atoms with Crippen LogP contribution in [0.4, 0.5) is 0 Å². The van der Waals surface area contributed by atoms with Crippen LogP contribution in [0.5, 0.6) is 5.75 Å². The Hall–Kier alpha value is -1.02. The molecule has 0 aliphatic heterocycles. The first-order valence-electron chi connectivity index (χ1n) is 16.7. The molecule has 0 aromatic heterocycles. The lowest BCUT2D eigenvalue weighted by atomic mass is 9.70. The minimum Gasteiger partial charge on any atom is -0.465 e. The van der Waals surface area contributed by atoms with Crippen LogP contribution in [0.3, 0.4) is 0 Å². The van der Waals surface area contributed by atoms with Crippen LogP contribution in [0.25, 0.3) is 0 Å². The number of fused-ring (bicyclic) bond motifs is 11. The molecule has 0 amide bonds. The normalized spacial score (nSPS) is 41.6. The zero-order valence-corrected chi connectivity index (χ0v) is 25.3. The fourth-order valence-corrected chi connectivity index (χ4v) is 11.0. The average molecular weight is 521 g/mol. The van der Waals surface area contributed by atoms with Crippen LogP contribution in [-0.2, 0) is 4.74 Å². The van der Waals surface area contributed by atoms with Crippen LogP contribution < -0.4 is 4.74 Å². The van der Waals surface area contributed by atoms with E-state index in [4.69, 9.17) is 9.47 Å². The monoisotopic (exact) mass is 520 g/mol. The first kappa shape index (κ1) is 27.2. The molecule has 6 saturated carbocycles. The van der Waals surface area contributed by atoms with Crippen LogP contribution in [0.1, 0.15) is 124 Å². The highest BCUT2D eigenvalue weighted by molar-refractivity contribution is 5.29. The highest BCUT2D eigenvalue weighted by Gasteiger charge is 2.63. The van der Waals surface area contributed by atoms with Crippen LogP contribution >= 0.6 is 0 Å². The van der Waals surface area contributed by atoms with Gasteiger partial charge in [-0.3, -0.25) is 0 Å². The molecule has 6 aliphatic rings. The Morgan fingerprint density at radius 3 is 2.16 bits per heavy atom. The summed E-state index contributed by atoms with van der Waals surface area (Å²) in [5, 5.41) is 0. The molecule has 6 bridgehead atoms. The number of ether oxygens (including phenoxy) is 2. The van der Waals surface area contributed by atoms with Gasteiger partial charge in [0.1, 0.15) is 5.75 Å².